The van der Waals surface area contributed by atoms with Crippen molar-refractivity contribution in [1.29, 1.82) is 0 Å². The second-order valence-corrected chi connectivity index (χ2v) is 6.32. The highest BCUT2D eigenvalue weighted by Crippen LogP contribution is 2.29. The fraction of sp³-hybridized carbons (Fsp3) is 0.562. The summed E-state index contributed by atoms with van der Waals surface area (Å²) in [5.41, 5.74) is 1.80. The molecule has 19 heavy (non-hydrogen) atoms. The Morgan fingerprint density at radius 2 is 2.05 bits per heavy atom. The fourth-order valence-electron chi connectivity index (χ4n) is 2.01. The molecule has 1 fully saturated rings. The van der Waals surface area contributed by atoms with Crippen LogP contribution in [0.5, 0.6) is 5.75 Å². The molecule has 2 rings (SSSR count). The maximum absolute atomic E-state index is 12.2. The molecule has 0 atom stereocenters. The molecule has 0 aromatic heterocycles. The van der Waals surface area contributed by atoms with E-state index in [4.69, 9.17) is 4.74 Å². The monoisotopic (exact) mass is 261 g/mol. The molecule has 0 aliphatic heterocycles. The van der Waals surface area contributed by atoms with E-state index in [2.05, 4.69) is 26.1 Å². The summed E-state index contributed by atoms with van der Waals surface area (Å²) in [6.07, 6.45) is 2.47. The van der Waals surface area contributed by atoms with Gasteiger partial charge in [-0.05, 0) is 41.9 Å². The van der Waals surface area contributed by atoms with E-state index in [9.17, 15) is 4.79 Å². The van der Waals surface area contributed by atoms with Crippen molar-refractivity contribution in [3.05, 3.63) is 29.3 Å². The summed E-state index contributed by atoms with van der Waals surface area (Å²) in [5.74, 6) is 1.29. The van der Waals surface area contributed by atoms with Gasteiger partial charge in [-0.2, -0.15) is 0 Å². The summed E-state index contributed by atoms with van der Waals surface area (Å²) in [7, 11) is 1.60. The average molecular weight is 261 g/mol. The number of ether oxygens (including phenoxy) is 1. The zero-order valence-corrected chi connectivity index (χ0v) is 12.2. The number of hydrogen-bond acceptors (Lipinski definition) is 2. The number of rotatable bonds is 4. The highest BCUT2D eigenvalue weighted by molar-refractivity contribution is 5.97. The van der Waals surface area contributed by atoms with E-state index in [0.29, 0.717) is 17.2 Å². The largest absolute Gasteiger partial charge is 0.496 e. The van der Waals surface area contributed by atoms with Gasteiger partial charge in [-0.25, -0.2) is 0 Å². The van der Waals surface area contributed by atoms with Gasteiger partial charge in [0.25, 0.3) is 5.91 Å². The summed E-state index contributed by atoms with van der Waals surface area (Å²) in [4.78, 5) is 12.2. The van der Waals surface area contributed by atoms with Gasteiger partial charge in [0.05, 0.1) is 12.7 Å². The first-order valence-corrected chi connectivity index (χ1v) is 6.88. The third-order valence-electron chi connectivity index (χ3n) is 3.56. The first kappa shape index (κ1) is 13.9. The number of amides is 1. The third-order valence-corrected chi connectivity index (χ3v) is 3.56. The second kappa shape index (κ2) is 5.24. The van der Waals surface area contributed by atoms with Crippen LogP contribution in [0.4, 0.5) is 0 Å². The lowest BCUT2D eigenvalue weighted by atomic mass is 9.86. The predicted octanol–water partition coefficient (Wildman–Crippen LogP) is 3.13. The zero-order chi connectivity index (χ0) is 14.0. The van der Waals surface area contributed by atoms with Crippen molar-refractivity contribution in [2.24, 2.45) is 5.92 Å². The molecule has 1 aromatic carbocycles. The van der Waals surface area contributed by atoms with E-state index in [1.165, 1.54) is 12.8 Å². The Kier molecular flexibility index (Phi) is 3.83. The lowest BCUT2D eigenvalue weighted by Crippen LogP contribution is -2.26. The Morgan fingerprint density at radius 3 is 2.58 bits per heavy atom. The minimum absolute atomic E-state index is 0.0256. The minimum atomic E-state index is -0.0325. The standard InChI is InChI=1S/C16H23NO2/c1-16(2,3)12-7-8-14(19-4)13(9-12)15(18)17-10-11-5-6-11/h7-9,11H,5-6,10H2,1-4H3,(H,17,18). The van der Waals surface area contributed by atoms with Crippen molar-refractivity contribution in [2.45, 2.75) is 39.0 Å². The van der Waals surface area contributed by atoms with Crippen molar-refractivity contribution in [2.75, 3.05) is 13.7 Å². The number of nitrogens with one attached hydrogen (secondary N) is 1. The Labute approximate surface area is 115 Å². The Balaban J connectivity index is 2.21. The normalized spacial score (nSPS) is 15.2. The SMILES string of the molecule is COc1ccc(C(C)(C)C)cc1C(=O)NCC1CC1. The molecule has 0 spiro atoms. The molecule has 104 valence electrons. The van der Waals surface area contributed by atoms with Crippen molar-refractivity contribution in [3.63, 3.8) is 0 Å². The van der Waals surface area contributed by atoms with Gasteiger partial charge in [-0.15, -0.1) is 0 Å². The quantitative estimate of drug-likeness (QED) is 0.904. The average Bonchev–Trinajstić information content (AvgIpc) is 3.18. The van der Waals surface area contributed by atoms with E-state index in [1.54, 1.807) is 7.11 Å². The van der Waals surface area contributed by atoms with Gasteiger partial charge in [0, 0.05) is 6.54 Å². The zero-order valence-electron chi connectivity index (χ0n) is 12.2. The van der Waals surface area contributed by atoms with Crippen LogP contribution in [-0.4, -0.2) is 19.6 Å². The number of benzene rings is 1. The molecule has 1 aliphatic rings. The summed E-state index contributed by atoms with van der Waals surface area (Å²) < 4.78 is 5.30. The molecule has 0 heterocycles. The Hall–Kier alpha value is -1.51. The van der Waals surface area contributed by atoms with Gasteiger partial charge >= 0.3 is 0 Å². The number of methoxy groups -OCH3 is 1. The predicted molar refractivity (Wildman–Crippen MR) is 76.8 cm³/mol. The third kappa shape index (κ3) is 3.49. The highest BCUT2D eigenvalue weighted by atomic mass is 16.5. The maximum atomic E-state index is 12.2. The van der Waals surface area contributed by atoms with Crippen LogP contribution in [0.3, 0.4) is 0 Å². The molecule has 0 radical (unpaired) electrons. The van der Waals surface area contributed by atoms with Crippen molar-refractivity contribution < 1.29 is 9.53 Å². The Morgan fingerprint density at radius 1 is 1.37 bits per heavy atom. The first-order valence-electron chi connectivity index (χ1n) is 6.88. The highest BCUT2D eigenvalue weighted by Gasteiger charge is 2.23. The fourth-order valence-corrected chi connectivity index (χ4v) is 2.01. The van der Waals surface area contributed by atoms with E-state index in [0.717, 1.165) is 12.1 Å². The van der Waals surface area contributed by atoms with Gasteiger partial charge in [0.15, 0.2) is 0 Å². The van der Waals surface area contributed by atoms with E-state index >= 15 is 0 Å². The summed E-state index contributed by atoms with van der Waals surface area (Å²) in [6.45, 7) is 7.20. The summed E-state index contributed by atoms with van der Waals surface area (Å²) in [5, 5.41) is 3.00. The molecule has 0 saturated heterocycles. The number of carbonyl (C=O) groups excluding carboxylic acids is 1. The van der Waals surface area contributed by atoms with Crippen LogP contribution in [-0.2, 0) is 5.41 Å². The molecule has 1 N–H and O–H groups in total. The van der Waals surface area contributed by atoms with Crippen LogP contribution in [0.15, 0.2) is 18.2 Å². The number of carbonyl (C=O) groups is 1. The molecule has 1 amide bonds. The van der Waals surface area contributed by atoms with Crippen LogP contribution < -0.4 is 10.1 Å². The summed E-state index contributed by atoms with van der Waals surface area (Å²) >= 11 is 0. The van der Waals surface area contributed by atoms with Gasteiger partial charge in [-0.1, -0.05) is 26.8 Å². The van der Waals surface area contributed by atoms with Crippen LogP contribution in [0.2, 0.25) is 0 Å². The smallest absolute Gasteiger partial charge is 0.255 e. The van der Waals surface area contributed by atoms with Crippen molar-refractivity contribution in [3.8, 4) is 5.75 Å². The lowest BCUT2D eigenvalue weighted by molar-refractivity contribution is 0.0948. The van der Waals surface area contributed by atoms with E-state index in [1.807, 2.05) is 18.2 Å². The topological polar surface area (TPSA) is 38.3 Å². The van der Waals surface area contributed by atoms with Crippen molar-refractivity contribution in [1.82, 2.24) is 5.32 Å². The van der Waals surface area contributed by atoms with E-state index in [-0.39, 0.29) is 11.3 Å². The molecule has 1 saturated carbocycles. The van der Waals surface area contributed by atoms with Crippen LogP contribution in [0.1, 0.15) is 49.5 Å². The van der Waals surface area contributed by atoms with Crippen LogP contribution in [0.25, 0.3) is 0 Å². The van der Waals surface area contributed by atoms with Gasteiger partial charge in [0.1, 0.15) is 5.75 Å². The molecule has 0 bridgehead atoms. The Bertz CT molecular complexity index is 470. The molecular formula is C16H23NO2. The van der Waals surface area contributed by atoms with Gasteiger partial charge in [0.2, 0.25) is 0 Å². The van der Waals surface area contributed by atoms with E-state index < -0.39 is 0 Å². The van der Waals surface area contributed by atoms with Crippen molar-refractivity contribution >= 4 is 5.91 Å². The molecule has 1 aliphatic carbocycles. The molecular weight excluding hydrogens is 238 g/mol. The van der Waals surface area contributed by atoms with Crippen LogP contribution in [0, 0.1) is 5.92 Å². The maximum Gasteiger partial charge on any atom is 0.255 e. The molecule has 3 nitrogen and oxygen atoms in total. The molecule has 3 heteroatoms. The molecule has 0 unspecified atom stereocenters. The number of hydrogen-bond donors (Lipinski definition) is 1. The summed E-state index contributed by atoms with van der Waals surface area (Å²) in [6, 6.07) is 5.85. The van der Waals surface area contributed by atoms with Crippen LogP contribution >= 0.6 is 0 Å². The second-order valence-electron chi connectivity index (χ2n) is 6.32. The first-order chi connectivity index (χ1) is 8.91. The minimum Gasteiger partial charge on any atom is -0.496 e. The van der Waals surface area contributed by atoms with Gasteiger partial charge < -0.3 is 10.1 Å². The molecule has 1 aromatic rings. The van der Waals surface area contributed by atoms with Gasteiger partial charge in [-0.3, -0.25) is 4.79 Å². The lowest BCUT2D eigenvalue weighted by Gasteiger charge is -2.21.